The van der Waals surface area contributed by atoms with E-state index < -0.39 is 150 Å². The number of nitrogens with one attached hydrogen (secondary N) is 11. The summed E-state index contributed by atoms with van der Waals surface area (Å²) in [5.74, 6) is -12.0. The predicted octanol–water partition coefficient (Wildman–Crippen LogP) is -2.65. The Bertz CT molecular complexity index is 3140. The largest absolute Gasteiger partial charge is 0.481 e. The highest BCUT2D eigenvalue weighted by Crippen LogP contribution is 2.20. The highest BCUT2D eigenvalue weighted by Gasteiger charge is 2.36. The summed E-state index contributed by atoms with van der Waals surface area (Å²) >= 11 is 2.54. The van der Waals surface area contributed by atoms with Crippen LogP contribution in [0.2, 0.25) is 0 Å². The summed E-state index contributed by atoms with van der Waals surface area (Å²) < 4.78 is 36.2. The lowest BCUT2D eigenvalue weighted by Gasteiger charge is -2.28. The van der Waals surface area contributed by atoms with Crippen LogP contribution < -0.4 is 63.1 Å². The molecule has 0 unspecified atom stereocenters. The second-order valence-electron chi connectivity index (χ2n) is 19.4. The number of para-hydroxylation sites is 1. The first-order valence-corrected chi connectivity index (χ1v) is 30.5. The van der Waals surface area contributed by atoms with E-state index >= 15 is 0 Å². The topological polar surface area (TPSA) is 454 Å². The van der Waals surface area contributed by atoms with Gasteiger partial charge in [-0.3, -0.25) is 57.3 Å². The Morgan fingerprint density at radius 1 is 0.694 bits per heavy atom. The molecule has 4 aromatic rings. The lowest BCUT2D eigenvalue weighted by atomic mass is 10.0. The molecule has 2 heterocycles. The Balaban J connectivity index is 1.52. The molecule has 460 valence electrons. The number of carboxylic acids is 2. The zero-order chi connectivity index (χ0) is 62.2. The fourth-order valence-electron chi connectivity index (χ4n) is 8.51. The Morgan fingerprint density at radius 2 is 1.32 bits per heavy atom. The van der Waals surface area contributed by atoms with E-state index in [1.54, 1.807) is 73.3 Å². The number of aliphatic carboxylic acids is 2. The van der Waals surface area contributed by atoms with E-state index in [-0.39, 0.29) is 61.6 Å². The van der Waals surface area contributed by atoms with Crippen LogP contribution in [0.25, 0.3) is 10.9 Å². The first-order valence-electron chi connectivity index (χ1n) is 26.3. The zero-order valence-corrected chi connectivity index (χ0v) is 48.5. The number of carboxylic acid groups (broad SMARTS) is 2. The number of benzene rings is 3. The molecule has 0 radical (unpaired) electrons. The molecule has 9 amide bonds. The van der Waals surface area contributed by atoms with Gasteiger partial charge in [-0.25, -0.2) is 0 Å². The Labute approximate surface area is 496 Å². The number of hydrogen-bond donors (Lipinski definition) is 15. The van der Waals surface area contributed by atoms with Crippen LogP contribution in [0.5, 0.6) is 5.75 Å². The molecule has 3 aromatic carbocycles. The van der Waals surface area contributed by atoms with E-state index in [1.807, 2.05) is 0 Å². The molecule has 0 saturated carbocycles. The number of H-pyrrole nitrogens is 1. The van der Waals surface area contributed by atoms with Gasteiger partial charge in [0.25, 0.3) is 0 Å². The van der Waals surface area contributed by atoms with Crippen LogP contribution in [-0.2, 0) is 82.5 Å². The van der Waals surface area contributed by atoms with Gasteiger partial charge in [0.2, 0.25) is 53.2 Å². The Hall–Kier alpha value is -8.30. The standard InChI is InChI=1S/C53H68N12O17S3/c1-83-18-16-36-48(73)63-40(23-45(69)70)52(77)64-41(26-55-24-30-8-4-3-5-9-30)47(72)58-28-43(66)57-27-42(53(78)62-39(51(76)60-36)21-31-25-56-35-11-7-6-10-33(31)35)65-49(74)37(17-19-84-2)59-50(75)38(61-46(71)34(54)22-44(67)68)20-29-12-14-32(15-13-29)82-85(79,80)81/h3-15,25,34,36-42,55-56H,16-24,26-28,54H2,1-2H3,(H,57,66)(H,58,72)(H,59,75)(H,60,76)(H,61,71)(H,62,78)(H,63,73)(H,64,77)(H,65,74)(H,67,68)(H,69,70)(H,79,80,81)/t34-,36-,37-,38-,39-,40-,41-,42-/m0/s1. The van der Waals surface area contributed by atoms with Crippen molar-refractivity contribution in [1.29, 1.82) is 0 Å². The minimum atomic E-state index is -4.92. The van der Waals surface area contributed by atoms with Crippen molar-refractivity contribution in [3.8, 4) is 5.75 Å². The van der Waals surface area contributed by atoms with Crippen LogP contribution in [0.15, 0.2) is 85.1 Å². The molecular formula is C53H68N12O17S3. The third-order valence-electron chi connectivity index (χ3n) is 12.9. The third kappa shape index (κ3) is 22.7. The van der Waals surface area contributed by atoms with Crippen molar-refractivity contribution < 1.29 is 80.1 Å². The van der Waals surface area contributed by atoms with Gasteiger partial charge < -0.3 is 78.3 Å². The molecule has 5 rings (SSSR count). The van der Waals surface area contributed by atoms with Gasteiger partial charge in [-0.05, 0) is 71.7 Å². The summed E-state index contributed by atoms with van der Waals surface area (Å²) in [6, 6.07) is 7.80. The van der Waals surface area contributed by atoms with Crippen LogP contribution in [0.4, 0.5) is 0 Å². The lowest BCUT2D eigenvalue weighted by Crippen LogP contribution is -2.62. The van der Waals surface area contributed by atoms with Crippen LogP contribution in [-0.4, -0.2) is 185 Å². The summed E-state index contributed by atoms with van der Waals surface area (Å²) in [5, 5.41) is 45.3. The fourth-order valence-corrected chi connectivity index (χ4v) is 9.81. The average Bonchev–Trinajstić information content (AvgIpc) is 3.87. The van der Waals surface area contributed by atoms with Crippen LogP contribution in [0, 0.1) is 0 Å². The van der Waals surface area contributed by atoms with Crippen molar-refractivity contribution in [2.45, 2.75) is 93.4 Å². The van der Waals surface area contributed by atoms with Crippen molar-refractivity contribution in [2.75, 3.05) is 43.7 Å². The number of nitrogens with two attached hydrogens (primary N) is 1. The summed E-state index contributed by atoms with van der Waals surface area (Å²) in [6.45, 7) is -1.61. The SMILES string of the molecule is CSCC[C@@H]1NC(=O)[C@H](Cc2c[nH]c3ccccc23)NC(=O)[C@@H](NC(=O)[C@H](CCSC)NC(=O)[C@H](Cc2ccc(OS(=O)(=O)O)cc2)NC(=O)[C@@H](N)CC(=O)O)CNC(=O)CNC(=O)[C@H](CNCc2ccccc2)NC(=O)[C@H](CC(=O)O)NC1=O. The second kappa shape index (κ2) is 33.3. The minimum absolute atomic E-state index is 0.0752. The van der Waals surface area contributed by atoms with Crippen molar-refractivity contribution in [1.82, 2.24) is 58.2 Å². The van der Waals surface area contributed by atoms with E-state index in [0.717, 1.165) is 17.7 Å². The smallest absolute Gasteiger partial charge is 0.446 e. The number of carbonyl (C=O) groups is 11. The molecule has 0 bridgehead atoms. The maximum absolute atomic E-state index is 14.8. The highest BCUT2D eigenvalue weighted by atomic mass is 32.3. The quantitative estimate of drug-likeness (QED) is 0.0286. The molecule has 1 fully saturated rings. The van der Waals surface area contributed by atoms with Crippen LogP contribution >= 0.6 is 23.5 Å². The number of aromatic amines is 1. The summed E-state index contributed by atoms with van der Waals surface area (Å²) in [7, 11) is -4.92. The van der Waals surface area contributed by atoms with Gasteiger partial charge in [0.15, 0.2) is 0 Å². The van der Waals surface area contributed by atoms with Crippen molar-refractivity contribution in [3.05, 3.63) is 102 Å². The van der Waals surface area contributed by atoms with Gasteiger partial charge in [0.05, 0.1) is 25.4 Å². The fraction of sp³-hybridized carbons (Fsp3) is 0.415. The molecule has 0 spiro atoms. The van der Waals surface area contributed by atoms with Crippen LogP contribution in [0.3, 0.4) is 0 Å². The number of aromatic nitrogens is 1. The summed E-state index contributed by atoms with van der Waals surface area (Å²) in [4.78, 5) is 154. The second-order valence-corrected chi connectivity index (χ2v) is 22.3. The number of fused-ring (bicyclic) bond motifs is 1. The minimum Gasteiger partial charge on any atom is -0.481 e. The monoisotopic (exact) mass is 1240 g/mol. The Kier molecular flexibility index (Phi) is 26.4. The molecule has 29 nitrogen and oxygen atoms in total. The van der Waals surface area contributed by atoms with Crippen molar-refractivity contribution in [3.63, 3.8) is 0 Å². The summed E-state index contributed by atoms with van der Waals surface area (Å²) in [5.41, 5.74) is 8.02. The van der Waals surface area contributed by atoms with E-state index in [4.69, 9.17) is 10.3 Å². The maximum Gasteiger partial charge on any atom is 0.446 e. The van der Waals surface area contributed by atoms with Crippen molar-refractivity contribution in [2.24, 2.45) is 5.73 Å². The first-order chi connectivity index (χ1) is 40.4. The van der Waals surface area contributed by atoms with Gasteiger partial charge in [0, 0.05) is 49.6 Å². The molecule has 16 N–H and O–H groups in total. The van der Waals surface area contributed by atoms with Crippen molar-refractivity contribution >= 4 is 110 Å². The highest BCUT2D eigenvalue weighted by molar-refractivity contribution is 7.98. The number of rotatable bonds is 26. The third-order valence-corrected chi connectivity index (χ3v) is 14.6. The lowest BCUT2D eigenvalue weighted by molar-refractivity contribution is -0.141. The van der Waals surface area contributed by atoms with Gasteiger partial charge >= 0.3 is 22.3 Å². The van der Waals surface area contributed by atoms with E-state index in [9.17, 15) is 71.4 Å². The molecule has 0 aliphatic carbocycles. The average molecular weight is 1240 g/mol. The molecule has 32 heteroatoms. The van der Waals surface area contributed by atoms with Gasteiger partial charge in [-0.2, -0.15) is 31.9 Å². The molecule has 1 aromatic heterocycles. The molecular weight excluding hydrogens is 1170 g/mol. The van der Waals surface area contributed by atoms with Gasteiger partial charge in [-0.1, -0.05) is 60.7 Å². The predicted molar refractivity (Wildman–Crippen MR) is 310 cm³/mol. The van der Waals surface area contributed by atoms with Gasteiger partial charge in [0.1, 0.15) is 48.0 Å². The summed E-state index contributed by atoms with van der Waals surface area (Å²) in [6.07, 6.45) is 2.35. The van der Waals surface area contributed by atoms with E-state index in [0.29, 0.717) is 16.5 Å². The van der Waals surface area contributed by atoms with E-state index in [2.05, 4.69) is 62.3 Å². The number of amides is 9. The maximum atomic E-state index is 14.8. The van der Waals surface area contributed by atoms with E-state index in [1.165, 1.54) is 35.7 Å². The Morgan fingerprint density at radius 3 is 1.99 bits per heavy atom. The molecule has 8 atom stereocenters. The number of thioether (sulfide) groups is 2. The van der Waals surface area contributed by atoms with Crippen LogP contribution in [0.1, 0.15) is 42.4 Å². The molecule has 1 saturated heterocycles. The van der Waals surface area contributed by atoms with Gasteiger partial charge in [-0.15, -0.1) is 0 Å². The first kappa shape index (κ1) is 67.5. The molecule has 1 aliphatic heterocycles. The zero-order valence-electron chi connectivity index (χ0n) is 46.0. The number of hydrogen-bond acceptors (Lipinski definition) is 18. The molecule has 1 aliphatic rings. The normalized spacial score (nSPS) is 19.5. The molecule has 85 heavy (non-hydrogen) atoms. The number of carbonyl (C=O) groups excluding carboxylic acids is 9.